The molecule has 1 aliphatic heterocycles. The average Bonchev–Trinajstić information content (AvgIpc) is 3.34. The summed E-state index contributed by atoms with van der Waals surface area (Å²) < 4.78 is 36.3. The average molecular weight is 598 g/mol. The van der Waals surface area contributed by atoms with Gasteiger partial charge in [-0.2, -0.15) is 9.37 Å². The van der Waals surface area contributed by atoms with Gasteiger partial charge in [-0.3, -0.25) is 13.9 Å². The van der Waals surface area contributed by atoms with Crippen molar-refractivity contribution in [1.82, 2.24) is 23.7 Å². The molecule has 0 aliphatic carbocycles. The molecule has 234 valence electrons. The maximum Gasteiger partial charge on any atom is 0.332 e. The predicted molar refractivity (Wildman–Crippen MR) is 165 cm³/mol. The van der Waals surface area contributed by atoms with Gasteiger partial charge in [0.2, 0.25) is 11.8 Å². The van der Waals surface area contributed by atoms with Crippen LogP contribution in [-0.2, 0) is 22.6 Å². The minimum atomic E-state index is -0.685. The van der Waals surface area contributed by atoms with Gasteiger partial charge >= 0.3 is 5.69 Å². The van der Waals surface area contributed by atoms with Gasteiger partial charge in [-0.1, -0.05) is 32.1 Å². The highest BCUT2D eigenvalue weighted by Crippen LogP contribution is 2.31. The van der Waals surface area contributed by atoms with Crippen molar-refractivity contribution < 1.29 is 18.6 Å². The third-order valence-corrected chi connectivity index (χ3v) is 7.26. The fourth-order valence-corrected chi connectivity index (χ4v) is 5.14. The normalized spacial score (nSPS) is 16.3. The second kappa shape index (κ2) is 14.7. The van der Waals surface area contributed by atoms with Gasteiger partial charge in [0.25, 0.3) is 5.56 Å². The lowest BCUT2D eigenvalue weighted by Gasteiger charge is -2.22. The predicted octanol–water partition coefficient (Wildman–Crippen LogP) is 5.63. The topological polar surface area (TPSA) is 102 Å². The lowest BCUT2D eigenvalue weighted by molar-refractivity contribution is -0.163. The van der Waals surface area contributed by atoms with E-state index < -0.39 is 17.2 Å². The molecule has 0 saturated carbocycles. The van der Waals surface area contributed by atoms with Crippen LogP contribution >= 0.6 is 0 Å². The summed E-state index contributed by atoms with van der Waals surface area (Å²) in [6.07, 6.45) is 8.98. The van der Waals surface area contributed by atoms with Crippen LogP contribution in [0.1, 0.15) is 73.3 Å². The Bertz CT molecular complexity index is 1580. The molecule has 1 saturated heterocycles. The van der Waals surface area contributed by atoms with Crippen molar-refractivity contribution in [3.05, 3.63) is 62.7 Å². The van der Waals surface area contributed by atoms with E-state index in [9.17, 15) is 14.0 Å². The van der Waals surface area contributed by atoms with Gasteiger partial charge in [-0.15, -0.1) is 0 Å². The van der Waals surface area contributed by atoms with Gasteiger partial charge in [0, 0.05) is 25.7 Å². The molecular formula is C32H44FN5O5. The van der Waals surface area contributed by atoms with Crippen molar-refractivity contribution in [2.24, 2.45) is 5.92 Å². The Morgan fingerprint density at radius 2 is 1.93 bits per heavy atom. The van der Waals surface area contributed by atoms with Crippen molar-refractivity contribution in [2.75, 3.05) is 19.8 Å². The van der Waals surface area contributed by atoms with Gasteiger partial charge in [0.1, 0.15) is 5.82 Å². The first-order valence-electron chi connectivity index (χ1n) is 15.2. The van der Waals surface area contributed by atoms with Gasteiger partial charge in [-0.05, 0) is 77.0 Å². The number of fused-ring (bicyclic) bond motifs is 1. The number of hydrogen-bond acceptors (Lipinski definition) is 7. The molecule has 4 heterocycles. The van der Waals surface area contributed by atoms with Crippen LogP contribution in [0.3, 0.4) is 0 Å². The molecule has 1 atom stereocenters. The van der Waals surface area contributed by atoms with E-state index in [1.807, 2.05) is 59.8 Å². The SMILES string of the molecule is C/C=C\C(=C/C)Cn1c(-c2ccc(F)nc2OCC(C)C)nc2c1c(=O)n(CCCOC1CCCCO1)c(=O)n2C(C)C. The van der Waals surface area contributed by atoms with Crippen LogP contribution in [0.15, 0.2) is 45.5 Å². The summed E-state index contributed by atoms with van der Waals surface area (Å²) in [6, 6.07) is 2.51. The highest BCUT2D eigenvalue weighted by Gasteiger charge is 2.26. The molecule has 0 aromatic carbocycles. The standard InChI is InChI=1S/C32H44FN5O5/c1-7-12-23(8-2)19-37-27-29(35-28(37)24-14-15-25(33)34-30(24)43-20-21(3)4)38(22(5)6)32(40)36(31(27)39)16-11-18-42-26-13-9-10-17-41-26/h7-8,12,14-15,21-22,26H,9-11,13,16-20H2,1-6H3/b12-7-,23-8+. The summed E-state index contributed by atoms with van der Waals surface area (Å²) in [5.74, 6) is -0.0609. The number of imidazole rings is 1. The molecule has 1 unspecified atom stereocenters. The van der Waals surface area contributed by atoms with Crippen molar-refractivity contribution in [3.8, 4) is 17.3 Å². The van der Waals surface area contributed by atoms with E-state index in [0.717, 1.165) is 24.8 Å². The van der Waals surface area contributed by atoms with E-state index in [1.54, 1.807) is 15.2 Å². The number of halogens is 1. The van der Waals surface area contributed by atoms with Gasteiger partial charge in [0.15, 0.2) is 17.5 Å². The number of hydrogen-bond donors (Lipinski definition) is 0. The molecule has 0 amide bonds. The van der Waals surface area contributed by atoms with E-state index in [-0.39, 0.29) is 41.8 Å². The number of aromatic nitrogens is 5. The molecule has 4 rings (SSSR count). The Kier molecular flexibility index (Phi) is 11.1. The molecule has 3 aromatic rings. The Hall–Kier alpha value is -3.57. The number of pyridine rings is 1. The molecule has 0 spiro atoms. The Balaban J connectivity index is 1.88. The number of ether oxygens (including phenoxy) is 3. The van der Waals surface area contributed by atoms with Crippen LogP contribution in [0.4, 0.5) is 4.39 Å². The Morgan fingerprint density at radius 3 is 2.58 bits per heavy atom. The van der Waals surface area contributed by atoms with Crippen LogP contribution in [-0.4, -0.2) is 49.8 Å². The van der Waals surface area contributed by atoms with Crippen LogP contribution in [0.25, 0.3) is 22.6 Å². The second-order valence-electron chi connectivity index (χ2n) is 11.5. The van der Waals surface area contributed by atoms with Crippen LogP contribution in [0.5, 0.6) is 5.88 Å². The number of rotatable bonds is 13. The zero-order valence-corrected chi connectivity index (χ0v) is 26.1. The zero-order chi connectivity index (χ0) is 31.1. The first-order chi connectivity index (χ1) is 20.7. The smallest absolute Gasteiger partial charge is 0.332 e. The van der Waals surface area contributed by atoms with Crippen LogP contribution < -0.4 is 16.0 Å². The van der Waals surface area contributed by atoms with E-state index in [0.29, 0.717) is 44.2 Å². The van der Waals surface area contributed by atoms with Gasteiger partial charge < -0.3 is 18.8 Å². The maximum atomic E-state index is 14.3. The summed E-state index contributed by atoms with van der Waals surface area (Å²) in [6.45, 7) is 13.4. The fourth-order valence-electron chi connectivity index (χ4n) is 5.14. The maximum absolute atomic E-state index is 14.3. The van der Waals surface area contributed by atoms with Crippen molar-refractivity contribution in [2.45, 2.75) is 92.6 Å². The van der Waals surface area contributed by atoms with E-state index >= 15 is 0 Å². The first-order valence-corrected chi connectivity index (χ1v) is 15.2. The summed E-state index contributed by atoms with van der Waals surface area (Å²) in [7, 11) is 0. The molecule has 1 aliphatic rings. The highest BCUT2D eigenvalue weighted by molar-refractivity contribution is 5.78. The summed E-state index contributed by atoms with van der Waals surface area (Å²) in [5, 5.41) is 0. The Labute approximate surface area is 251 Å². The second-order valence-corrected chi connectivity index (χ2v) is 11.5. The third-order valence-electron chi connectivity index (χ3n) is 7.26. The molecule has 3 aromatic heterocycles. The van der Waals surface area contributed by atoms with Gasteiger partial charge in [0.05, 0.1) is 18.8 Å². The fraction of sp³-hybridized carbons (Fsp3) is 0.562. The van der Waals surface area contributed by atoms with Crippen LogP contribution in [0.2, 0.25) is 0 Å². The third kappa shape index (κ3) is 7.51. The van der Waals surface area contributed by atoms with Crippen LogP contribution in [0, 0.1) is 11.9 Å². The molecule has 11 heteroatoms. The molecule has 0 radical (unpaired) electrons. The monoisotopic (exact) mass is 597 g/mol. The minimum Gasteiger partial charge on any atom is -0.477 e. The summed E-state index contributed by atoms with van der Waals surface area (Å²) in [5.41, 5.74) is 1.02. The summed E-state index contributed by atoms with van der Waals surface area (Å²) >= 11 is 0. The molecule has 43 heavy (non-hydrogen) atoms. The Morgan fingerprint density at radius 1 is 1.14 bits per heavy atom. The summed E-state index contributed by atoms with van der Waals surface area (Å²) in [4.78, 5) is 36.8. The van der Waals surface area contributed by atoms with Crippen molar-refractivity contribution >= 4 is 11.2 Å². The molecule has 10 nitrogen and oxygen atoms in total. The van der Waals surface area contributed by atoms with E-state index in [2.05, 4.69) is 4.98 Å². The molecular weight excluding hydrogens is 553 g/mol. The molecule has 0 N–H and O–H groups in total. The largest absolute Gasteiger partial charge is 0.477 e. The van der Waals surface area contributed by atoms with Crippen molar-refractivity contribution in [1.29, 1.82) is 0 Å². The first kappa shape index (κ1) is 32.3. The zero-order valence-electron chi connectivity index (χ0n) is 26.1. The number of allylic oxidation sites excluding steroid dienone is 4. The lowest BCUT2D eigenvalue weighted by atomic mass is 10.2. The van der Waals surface area contributed by atoms with Crippen molar-refractivity contribution in [3.63, 3.8) is 0 Å². The quantitative estimate of drug-likeness (QED) is 0.143. The van der Waals surface area contributed by atoms with Gasteiger partial charge in [-0.25, -0.2) is 9.78 Å². The number of nitrogens with zero attached hydrogens (tertiary/aromatic N) is 5. The molecule has 0 bridgehead atoms. The minimum absolute atomic E-state index is 0.0826. The van der Waals surface area contributed by atoms with E-state index in [4.69, 9.17) is 19.2 Å². The van der Waals surface area contributed by atoms with E-state index in [1.165, 1.54) is 10.6 Å². The highest BCUT2D eigenvalue weighted by atomic mass is 19.1. The molecule has 1 fully saturated rings. The lowest BCUT2D eigenvalue weighted by Crippen LogP contribution is -2.41.